The maximum Gasteiger partial charge on any atom is 0.343 e. The van der Waals surface area contributed by atoms with Gasteiger partial charge < -0.3 is 9.47 Å². The number of halogens is 1. The summed E-state index contributed by atoms with van der Waals surface area (Å²) in [6, 6.07) is 14.8. The molecule has 128 valence electrons. The number of hydrogen-bond acceptors (Lipinski definition) is 3. The van der Waals surface area contributed by atoms with Crippen LogP contribution in [-0.4, -0.2) is 12.6 Å². The van der Waals surface area contributed by atoms with Gasteiger partial charge in [0, 0.05) is 10.6 Å². The van der Waals surface area contributed by atoms with Crippen LogP contribution in [0.2, 0.25) is 5.02 Å². The number of carbonyl (C=O) groups is 1. The van der Waals surface area contributed by atoms with Crippen LogP contribution in [0.15, 0.2) is 60.2 Å². The summed E-state index contributed by atoms with van der Waals surface area (Å²) in [5, 5.41) is 0.643. The van der Waals surface area contributed by atoms with Gasteiger partial charge in [0.1, 0.15) is 11.5 Å². The highest BCUT2D eigenvalue weighted by Crippen LogP contribution is 2.28. The third kappa shape index (κ3) is 4.52. The van der Waals surface area contributed by atoms with Gasteiger partial charge in [-0.1, -0.05) is 37.6 Å². The smallest absolute Gasteiger partial charge is 0.343 e. The number of rotatable bonds is 5. The molecule has 2 aromatic rings. The van der Waals surface area contributed by atoms with Gasteiger partial charge in [-0.3, -0.25) is 0 Å². The molecule has 0 aromatic heterocycles. The Kier molecular flexibility index (Phi) is 5.25. The molecule has 0 amide bonds. The molecule has 0 radical (unpaired) electrons. The van der Waals surface area contributed by atoms with E-state index in [0.29, 0.717) is 28.9 Å². The molecule has 0 saturated carbocycles. The SMILES string of the molecule is CC(C)COc1ccc(/C=C2\C=C(c3ccc(Cl)cc3)OC2=O)cc1. The summed E-state index contributed by atoms with van der Waals surface area (Å²) in [5.41, 5.74) is 2.25. The lowest BCUT2D eigenvalue weighted by atomic mass is 10.1. The van der Waals surface area contributed by atoms with Gasteiger partial charge in [-0.15, -0.1) is 0 Å². The minimum atomic E-state index is -0.356. The maximum absolute atomic E-state index is 12.1. The largest absolute Gasteiger partial charge is 0.493 e. The van der Waals surface area contributed by atoms with Crippen molar-refractivity contribution in [2.75, 3.05) is 6.61 Å². The Morgan fingerprint density at radius 2 is 1.76 bits per heavy atom. The summed E-state index contributed by atoms with van der Waals surface area (Å²) in [6.45, 7) is 4.89. The molecule has 0 N–H and O–H groups in total. The Labute approximate surface area is 152 Å². The molecule has 4 heteroatoms. The molecule has 0 spiro atoms. The average Bonchev–Trinajstić information content (AvgIpc) is 2.95. The van der Waals surface area contributed by atoms with E-state index in [9.17, 15) is 4.79 Å². The Balaban J connectivity index is 1.76. The molecule has 0 bridgehead atoms. The van der Waals surface area contributed by atoms with Crippen molar-refractivity contribution in [3.8, 4) is 5.75 Å². The van der Waals surface area contributed by atoms with E-state index in [1.54, 1.807) is 24.3 Å². The van der Waals surface area contributed by atoms with Crippen molar-refractivity contribution in [2.24, 2.45) is 5.92 Å². The predicted molar refractivity (Wildman–Crippen MR) is 100 cm³/mol. The molecule has 1 heterocycles. The van der Waals surface area contributed by atoms with Crippen molar-refractivity contribution in [2.45, 2.75) is 13.8 Å². The minimum absolute atomic E-state index is 0.356. The van der Waals surface area contributed by atoms with Crippen LogP contribution in [0.4, 0.5) is 0 Å². The first kappa shape index (κ1) is 17.3. The van der Waals surface area contributed by atoms with E-state index in [2.05, 4.69) is 13.8 Å². The normalized spacial score (nSPS) is 15.4. The third-order valence-electron chi connectivity index (χ3n) is 3.64. The Bertz CT molecular complexity index is 815. The van der Waals surface area contributed by atoms with Crippen LogP contribution in [0.1, 0.15) is 25.0 Å². The zero-order valence-corrected chi connectivity index (χ0v) is 14.9. The van der Waals surface area contributed by atoms with Gasteiger partial charge >= 0.3 is 5.97 Å². The fraction of sp³-hybridized carbons (Fsp3) is 0.190. The Morgan fingerprint density at radius 3 is 2.40 bits per heavy atom. The summed E-state index contributed by atoms with van der Waals surface area (Å²) in [5.74, 6) is 1.48. The molecule has 3 rings (SSSR count). The zero-order chi connectivity index (χ0) is 17.8. The lowest BCUT2D eigenvalue weighted by Crippen LogP contribution is -2.04. The second-order valence-electron chi connectivity index (χ2n) is 6.28. The van der Waals surface area contributed by atoms with Crippen LogP contribution in [0.25, 0.3) is 11.8 Å². The predicted octanol–water partition coefficient (Wildman–Crippen LogP) is 5.36. The Morgan fingerprint density at radius 1 is 1.08 bits per heavy atom. The number of carbonyl (C=O) groups excluding carboxylic acids is 1. The molecule has 1 aliphatic heterocycles. The molecular weight excluding hydrogens is 336 g/mol. The fourth-order valence-corrected chi connectivity index (χ4v) is 2.47. The van der Waals surface area contributed by atoms with E-state index >= 15 is 0 Å². The van der Waals surface area contributed by atoms with E-state index in [4.69, 9.17) is 21.1 Å². The van der Waals surface area contributed by atoms with Crippen LogP contribution in [0.3, 0.4) is 0 Å². The number of cyclic esters (lactones) is 1. The monoisotopic (exact) mass is 354 g/mol. The van der Waals surface area contributed by atoms with Crippen molar-refractivity contribution in [3.63, 3.8) is 0 Å². The number of ether oxygens (including phenoxy) is 2. The standard InChI is InChI=1S/C21H19ClO3/c1-14(2)13-24-19-9-3-15(4-10-19)11-17-12-20(25-21(17)23)16-5-7-18(22)8-6-16/h3-12,14H,13H2,1-2H3/b17-11+. The second-order valence-corrected chi connectivity index (χ2v) is 6.72. The van der Waals surface area contributed by atoms with E-state index in [1.165, 1.54) is 0 Å². The van der Waals surface area contributed by atoms with Gasteiger partial charge in [0.25, 0.3) is 0 Å². The first-order valence-corrected chi connectivity index (χ1v) is 8.53. The third-order valence-corrected chi connectivity index (χ3v) is 3.89. The minimum Gasteiger partial charge on any atom is -0.493 e. The van der Waals surface area contributed by atoms with E-state index in [-0.39, 0.29) is 5.97 Å². The summed E-state index contributed by atoms with van der Waals surface area (Å²) in [4.78, 5) is 12.1. The number of benzene rings is 2. The van der Waals surface area contributed by atoms with Gasteiger partial charge in [0.2, 0.25) is 0 Å². The van der Waals surface area contributed by atoms with Crippen LogP contribution in [0.5, 0.6) is 5.75 Å². The molecule has 0 aliphatic carbocycles. The van der Waals surface area contributed by atoms with Gasteiger partial charge in [-0.2, -0.15) is 0 Å². The highest BCUT2D eigenvalue weighted by Gasteiger charge is 2.21. The van der Waals surface area contributed by atoms with Crippen LogP contribution in [-0.2, 0) is 9.53 Å². The summed E-state index contributed by atoms with van der Waals surface area (Å²) >= 11 is 5.89. The topological polar surface area (TPSA) is 35.5 Å². The van der Waals surface area contributed by atoms with E-state index in [0.717, 1.165) is 16.9 Å². The molecule has 25 heavy (non-hydrogen) atoms. The maximum atomic E-state index is 12.1. The van der Waals surface area contributed by atoms with E-state index in [1.807, 2.05) is 36.4 Å². The summed E-state index contributed by atoms with van der Waals surface area (Å²) in [6.07, 6.45) is 3.55. The molecular formula is C21H19ClO3. The van der Waals surface area contributed by atoms with Gasteiger partial charge in [-0.25, -0.2) is 4.79 Å². The van der Waals surface area contributed by atoms with Gasteiger partial charge in [0.15, 0.2) is 0 Å². The van der Waals surface area contributed by atoms with Crippen molar-refractivity contribution in [1.29, 1.82) is 0 Å². The highest BCUT2D eigenvalue weighted by atomic mass is 35.5. The first-order valence-electron chi connectivity index (χ1n) is 8.15. The summed E-state index contributed by atoms with van der Waals surface area (Å²) < 4.78 is 11.0. The van der Waals surface area contributed by atoms with Crippen molar-refractivity contribution in [3.05, 3.63) is 76.3 Å². The number of hydrogen-bond donors (Lipinski definition) is 0. The average molecular weight is 355 g/mol. The summed E-state index contributed by atoms with van der Waals surface area (Å²) in [7, 11) is 0. The lowest BCUT2D eigenvalue weighted by molar-refractivity contribution is -0.130. The Hall–Kier alpha value is -2.52. The van der Waals surface area contributed by atoms with Crippen LogP contribution in [0, 0.1) is 5.92 Å². The molecule has 0 fully saturated rings. The molecule has 0 unspecified atom stereocenters. The van der Waals surface area contributed by atoms with Crippen LogP contribution < -0.4 is 4.74 Å². The number of esters is 1. The second kappa shape index (κ2) is 7.58. The molecule has 1 aliphatic rings. The van der Waals surface area contributed by atoms with Crippen molar-refractivity contribution < 1.29 is 14.3 Å². The zero-order valence-electron chi connectivity index (χ0n) is 14.2. The fourth-order valence-electron chi connectivity index (χ4n) is 2.35. The first-order chi connectivity index (χ1) is 12.0. The molecule has 0 atom stereocenters. The highest BCUT2D eigenvalue weighted by molar-refractivity contribution is 6.30. The lowest BCUT2D eigenvalue weighted by Gasteiger charge is -2.08. The van der Waals surface area contributed by atoms with Gasteiger partial charge in [0.05, 0.1) is 12.2 Å². The molecule has 3 nitrogen and oxygen atoms in total. The van der Waals surface area contributed by atoms with Gasteiger partial charge in [-0.05, 0) is 60.0 Å². The van der Waals surface area contributed by atoms with E-state index < -0.39 is 0 Å². The molecule has 0 saturated heterocycles. The quantitative estimate of drug-likeness (QED) is 0.536. The van der Waals surface area contributed by atoms with Crippen molar-refractivity contribution in [1.82, 2.24) is 0 Å². The van der Waals surface area contributed by atoms with Crippen molar-refractivity contribution >= 4 is 29.4 Å². The van der Waals surface area contributed by atoms with Crippen LogP contribution >= 0.6 is 11.6 Å². The molecule has 2 aromatic carbocycles.